The number of rotatable bonds is 2. The summed E-state index contributed by atoms with van der Waals surface area (Å²) in [4.78, 5) is 19.7. The SMILES string of the molecule is C[Si](C)C([NH-])=O.C[Si](C)C([NH-])=O.[Cl-].[Cl-].[Zr+2].c1cc2c([cH-]1)CCCC2. The average Bonchev–Trinajstić information content (AvgIpc) is 2.88. The van der Waals surface area contributed by atoms with Crippen LogP contribution in [0.1, 0.15) is 24.0 Å². The number of aryl methyl sites for hydroxylation is 2. The summed E-state index contributed by atoms with van der Waals surface area (Å²) in [5.41, 5.74) is 15.3. The number of nitrogens with one attached hydrogen (secondary N) is 2. The number of halogens is 2. The Hall–Kier alpha value is 0.187. The summed E-state index contributed by atoms with van der Waals surface area (Å²) in [7, 11) is -1.85. The monoisotopic (exact) mass is 481 g/mol. The fourth-order valence-electron chi connectivity index (χ4n) is 1.61. The van der Waals surface area contributed by atoms with Gasteiger partial charge in [0.05, 0.1) is 0 Å². The second-order valence-corrected chi connectivity index (χ2v) is 10.3. The first-order valence-corrected chi connectivity index (χ1v) is 12.1. The molecule has 24 heavy (non-hydrogen) atoms. The van der Waals surface area contributed by atoms with Gasteiger partial charge in [-0.05, 0) is 0 Å². The first-order valence-electron chi connectivity index (χ1n) is 7.11. The average molecular weight is 484 g/mol. The Labute approximate surface area is 181 Å². The van der Waals surface area contributed by atoms with Gasteiger partial charge >= 0.3 is 26.2 Å². The van der Waals surface area contributed by atoms with E-state index >= 15 is 0 Å². The number of carbonyl (C=O) groups excluding carboxylic acids is 2. The molecule has 9 heteroatoms. The van der Waals surface area contributed by atoms with Crippen LogP contribution in [-0.2, 0) is 39.0 Å². The van der Waals surface area contributed by atoms with E-state index in [0.29, 0.717) is 0 Å². The van der Waals surface area contributed by atoms with Crippen LogP contribution in [0.25, 0.3) is 11.5 Å². The molecule has 0 unspecified atom stereocenters. The Morgan fingerprint density at radius 1 is 0.958 bits per heavy atom. The van der Waals surface area contributed by atoms with Crippen molar-refractivity contribution < 1.29 is 60.6 Å². The van der Waals surface area contributed by atoms with Gasteiger partial charge in [0.1, 0.15) is 17.6 Å². The van der Waals surface area contributed by atoms with Crippen molar-refractivity contribution in [2.24, 2.45) is 0 Å². The molecule has 0 saturated carbocycles. The fraction of sp³-hybridized carbons (Fsp3) is 0.533. The van der Waals surface area contributed by atoms with Crippen molar-refractivity contribution in [1.29, 1.82) is 0 Å². The normalized spacial score (nSPS) is 11.1. The first kappa shape index (κ1) is 31.9. The maximum absolute atomic E-state index is 9.86. The molecule has 136 valence electrons. The van der Waals surface area contributed by atoms with Crippen LogP contribution in [0.2, 0.25) is 26.2 Å². The molecule has 0 saturated heterocycles. The summed E-state index contributed by atoms with van der Waals surface area (Å²) in [5.74, 6) is 0. The molecule has 1 aromatic carbocycles. The Balaban J connectivity index is -0.000000122. The molecule has 0 spiro atoms. The van der Waals surface area contributed by atoms with Gasteiger partial charge in [-0.15, -0.1) is 0 Å². The van der Waals surface area contributed by atoms with Crippen molar-refractivity contribution in [3.63, 3.8) is 0 Å². The van der Waals surface area contributed by atoms with Gasteiger partial charge in [0.15, 0.2) is 0 Å². The zero-order chi connectivity index (χ0) is 16.4. The van der Waals surface area contributed by atoms with Crippen LogP contribution < -0.4 is 24.8 Å². The predicted molar refractivity (Wildman–Crippen MR) is 93.1 cm³/mol. The van der Waals surface area contributed by atoms with Gasteiger partial charge in [-0.2, -0.15) is 23.3 Å². The molecule has 0 fully saturated rings. The van der Waals surface area contributed by atoms with Crippen molar-refractivity contribution in [2.75, 3.05) is 0 Å². The topological polar surface area (TPSA) is 81.7 Å². The van der Waals surface area contributed by atoms with Crippen LogP contribution in [0.3, 0.4) is 0 Å². The van der Waals surface area contributed by atoms with Crippen molar-refractivity contribution in [1.82, 2.24) is 0 Å². The van der Waals surface area contributed by atoms with E-state index in [-0.39, 0.29) is 62.1 Å². The maximum atomic E-state index is 9.86. The summed E-state index contributed by atoms with van der Waals surface area (Å²) in [5, 5.41) is 0. The number of fused-ring (bicyclic) bond motifs is 1. The second-order valence-electron chi connectivity index (χ2n) is 5.44. The molecule has 1 aliphatic carbocycles. The van der Waals surface area contributed by atoms with Crippen molar-refractivity contribution in [3.8, 4) is 0 Å². The number of carbonyl (C=O) groups is 2. The third-order valence-corrected chi connectivity index (χ3v) is 4.87. The van der Waals surface area contributed by atoms with Crippen LogP contribution in [-0.4, -0.2) is 28.7 Å². The van der Waals surface area contributed by atoms with Crippen LogP contribution in [0.4, 0.5) is 9.59 Å². The van der Waals surface area contributed by atoms with Crippen molar-refractivity contribution in [2.45, 2.75) is 51.9 Å². The fourth-order valence-corrected chi connectivity index (χ4v) is 1.61. The molecule has 0 aromatic heterocycles. The molecule has 2 rings (SSSR count). The quantitative estimate of drug-likeness (QED) is 0.411. The molecule has 2 amide bonds. The van der Waals surface area contributed by atoms with E-state index in [1.54, 1.807) is 37.3 Å². The van der Waals surface area contributed by atoms with E-state index < -0.39 is 17.6 Å². The zero-order valence-corrected chi connectivity index (χ0v) is 20.6. The van der Waals surface area contributed by atoms with Gasteiger partial charge in [-0.1, -0.05) is 51.9 Å². The molecule has 2 radical (unpaired) electrons. The largest absolute Gasteiger partial charge is 2.00 e. The summed E-state index contributed by atoms with van der Waals surface area (Å²) in [6.45, 7) is 7.22. The molecular formula is C15H25Cl2N2O2Si2Zr-3. The summed E-state index contributed by atoms with van der Waals surface area (Å²) >= 11 is 0. The zero-order valence-electron chi connectivity index (χ0n) is 14.6. The van der Waals surface area contributed by atoms with Crippen LogP contribution >= 0.6 is 0 Å². The van der Waals surface area contributed by atoms with E-state index in [2.05, 4.69) is 18.2 Å². The first-order chi connectivity index (χ1) is 9.75. The smallest absolute Gasteiger partial charge is 1.00 e. The Morgan fingerprint density at radius 2 is 1.33 bits per heavy atom. The summed E-state index contributed by atoms with van der Waals surface area (Å²) in [6, 6.07) is 6.69. The minimum atomic E-state index is -0.924. The molecule has 4 nitrogen and oxygen atoms in total. The number of hydrogen-bond donors (Lipinski definition) is 0. The molecule has 0 aliphatic heterocycles. The van der Waals surface area contributed by atoms with Gasteiger partial charge in [0.2, 0.25) is 0 Å². The minimum absolute atomic E-state index is 0. The van der Waals surface area contributed by atoms with Gasteiger partial charge in [-0.3, -0.25) is 0 Å². The minimum Gasteiger partial charge on any atom is -1.00 e. The van der Waals surface area contributed by atoms with E-state index in [1.165, 1.54) is 25.7 Å². The van der Waals surface area contributed by atoms with Gasteiger partial charge < -0.3 is 45.9 Å². The van der Waals surface area contributed by atoms with Crippen LogP contribution in [0.15, 0.2) is 18.2 Å². The molecular weight excluding hydrogens is 458 g/mol. The van der Waals surface area contributed by atoms with Gasteiger partial charge in [-0.25, -0.2) is 6.07 Å². The molecule has 1 aliphatic rings. The molecule has 0 heterocycles. The third-order valence-electron chi connectivity index (χ3n) is 3.06. The Kier molecular flexibility index (Phi) is 23.9. The van der Waals surface area contributed by atoms with E-state index in [1.807, 2.05) is 0 Å². The van der Waals surface area contributed by atoms with E-state index in [0.717, 1.165) is 0 Å². The van der Waals surface area contributed by atoms with Crippen LogP contribution in [0.5, 0.6) is 0 Å². The summed E-state index contributed by atoms with van der Waals surface area (Å²) < 4.78 is 0. The third kappa shape index (κ3) is 15.7. The predicted octanol–water partition coefficient (Wildman–Crippen LogP) is -0.721. The molecule has 2 N–H and O–H groups in total. The number of hydrogen-bond acceptors (Lipinski definition) is 2. The molecule has 0 bridgehead atoms. The Morgan fingerprint density at radius 3 is 1.67 bits per heavy atom. The van der Waals surface area contributed by atoms with Crippen molar-refractivity contribution in [3.05, 3.63) is 40.8 Å². The van der Waals surface area contributed by atoms with Gasteiger partial charge in [0, 0.05) is 11.1 Å². The molecule has 1 aromatic rings. The van der Waals surface area contributed by atoms with Crippen molar-refractivity contribution >= 4 is 28.7 Å². The van der Waals surface area contributed by atoms with Crippen LogP contribution in [0, 0.1) is 0 Å². The summed E-state index contributed by atoms with van der Waals surface area (Å²) in [6.07, 6.45) is 5.44. The second kappa shape index (κ2) is 18.0. The maximum Gasteiger partial charge on any atom is 2.00 e. The van der Waals surface area contributed by atoms with E-state index in [4.69, 9.17) is 11.5 Å². The van der Waals surface area contributed by atoms with Gasteiger partial charge in [0.25, 0.3) is 0 Å². The Bertz CT molecular complexity index is 420. The molecule has 0 atom stereocenters. The number of amides is 2. The standard InChI is InChI=1S/C9H11.2C3H8NOSi.2ClH.Zr/c1-2-5-9-7-3-6-8(9)4-1;2*1-6(2)3(4)5;;;/h3,6-7H,1-2,4-5H2;2*1-2H3,(H2,4,5);2*1H;/q-1;;;;;+2/p-4. The van der Waals surface area contributed by atoms with E-state index in [9.17, 15) is 9.59 Å².